The number of benzene rings is 1. The molecule has 3 aromatic heterocycles. The summed E-state index contributed by atoms with van der Waals surface area (Å²) in [5, 5.41) is 4.15. The Kier molecular flexibility index (Phi) is 5.07. The van der Waals surface area contributed by atoms with Crippen molar-refractivity contribution >= 4 is 15.9 Å². The van der Waals surface area contributed by atoms with Gasteiger partial charge >= 0.3 is 0 Å². The molecule has 1 amide bonds. The van der Waals surface area contributed by atoms with Gasteiger partial charge in [0.15, 0.2) is 0 Å². The molecule has 0 atom stereocenters. The van der Waals surface area contributed by atoms with Gasteiger partial charge in [0.2, 0.25) is 0 Å². The van der Waals surface area contributed by atoms with Crippen LogP contribution >= 0.6 is 0 Å². The molecule has 0 saturated carbocycles. The molecule has 0 aliphatic rings. The summed E-state index contributed by atoms with van der Waals surface area (Å²) in [6, 6.07) is 13.5. The Hall–Kier alpha value is -3.92. The van der Waals surface area contributed by atoms with Gasteiger partial charge in [-0.3, -0.25) is 9.78 Å². The molecule has 3 heterocycles. The maximum atomic E-state index is 13.4. The van der Waals surface area contributed by atoms with Gasteiger partial charge in [0.25, 0.3) is 15.9 Å². The highest BCUT2D eigenvalue weighted by Crippen LogP contribution is 2.19. The Bertz CT molecular complexity index is 1320. The molecule has 0 bridgehead atoms. The largest absolute Gasteiger partial charge is 0.283 e. The van der Waals surface area contributed by atoms with Crippen molar-refractivity contribution in [3.8, 4) is 16.9 Å². The zero-order chi connectivity index (χ0) is 21.1. The van der Waals surface area contributed by atoms with Gasteiger partial charge in [-0.05, 0) is 24.3 Å². The van der Waals surface area contributed by atoms with E-state index in [2.05, 4.69) is 15.1 Å². The molecule has 4 rings (SSSR count). The highest BCUT2D eigenvalue weighted by atomic mass is 32.2. The van der Waals surface area contributed by atoms with E-state index in [1.165, 1.54) is 41.3 Å². The number of carbonyl (C=O) groups excluding carboxylic acids is 1. The lowest BCUT2D eigenvalue weighted by Crippen LogP contribution is -2.31. The second-order valence-electron chi connectivity index (χ2n) is 6.19. The van der Waals surface area contributed by atoms with Gasteiger partial charge < -0.3 is 0 Å². The van der Waals surface area contributed by atoms with Crippen molar-refractivity contribution < 1.29 is 17.6 Å². The lowest BCUT2D eigenvalue weighted by Gasteiger charge is -2.07. The lowest BCUT2D eigenvalue weighted by atomic mass is 10.2. The fraction of sp³-hybridized carbons (Fsp3) is 0. The number of rotatable bonds is 5. The Labute approximate surface area is 171 Å². The molecule has 0 fully saturated rings. The summed E-state index contributed by atoms with van der Waals surface area (Å²) in [7, 11) is -4.02. The normalized spacial score (nSPS) is 11.2. The molecule has 1 N–H and O–H groups in total. The first-order valence-corrected chi connectivity index (χ1v) is 10.2. The molecule has 8 nitrogen and oxygen atoms in total. The third-order valence-electron chi connectivity index (χ3n) is 4.10. The van der Waals surface area contributed by atoms with Crippen LogP contribution in [0.3, 0.4) is 0 Å². The average Bonchev–Trinajstić information content (AvgIpc) is 3.25. The molecular formula is C20H14FN5O3S. The van der Waals surface area contributed by atoms with Crippen molar-refractivity contribution in [2.75, 3.05) is 0 Å². The number of aromatic nitrogens is 4. The van der Waals surface area contributed by atoms with Gasteiger partial charge in [-0.15, -0.1) is 0 Å². The molecule has 30 heavy (non-hydrogen) atoms. The van der Waals surface area contributed by atoms with Crippen LogP contribution < -0.4 is 4.72 Å². The van der Waals surface area contributed by atoms with Gasteiger partial charge in [0.1, 0.15) is 11.5 Å². The highest BCUT2D eigenvalue weighted by Gasteiger charge is 2.19. The summed E-state index contributed by atoms with van der Waals surface area (Å²) in [5.41, 5.74) is 1.30. The third-order valence-corrected chi connectivity index (χ3v) is 5.44. The summed E-state index contributed by atoms with van der Waals surface area (Å²) in [4.78, 5) is 20.4. The van der Waals surface area contributed by atoms with Crippen LogP contribution in [0.5, 0.6) is 0 Å². The van der Waals surface area contributed by atoms with Crippen molar-refractivity contribution in [1.29, 1.82) is 0 Å². The second-order valence-corrected chi connectivity index (χ2v) is 7.87. The molecule has 0 aliphatic carbocycles. The zero-order valence-corrected chi connectivity index (χ0v) is 16.1. The smallest absolute Gasteiger partial charge is 0.266 e. The first-order valence-electron chi connectivity index (χ1n) is 8.68. The number of nitrogens with one attached hydrogen (secondary N) is 1. The van der Waals surface area contributed by atoms with Crippen LogP contribution in [0, 0.1) is 5.82 Å². The van der Waals surface area contributed by atoms with Crippen LogP contribution in [0.4, 0.5) is 4.39 Å². The minimum absolute atomic E-state index is 0.0283. The van der Waals surface area contributed by atoms with E-state index in [-0.39, 0.29) is 10.6 Å². The molecule has 150 valence electrons. The van der Waals surface area contributed by atoms with Crippen LogP contribution in [-0.2, 0) is 10.0 Å². The van der Waals surface area contributed by atoms with E-state index >= 15 is 0 Å². The third kappa shape index (κ3) is 4.08. The Morgan fingerprint density at radius 3 is 2.57 bits per heavy atom. The van der Waals surface area contributed by atoms with E-state index in [0.29, 0.717) is 16.9 Å². The van der Waals surface area contributed by atoms with Crippen molar-refractivity contribution in [1.82, 2.24) is 24.5 Å². The summed E-state index contributed by atoms with van der Waals surface area (Å²) in [6.45, 7) is 0. The van der Waals surface area contributed by atoms with Crippen LogP contribution in [0.15, 0.2) is 84.3 Å². The number of pyridine rings is 2. The van der Waals surface area contributed by atoms with E-state index in [4.69, 9.17) is 0 Å². The first kappa shape index (κ1) is 19.4. The van der Waals surface area contributed by atoms with Crippen LogP contribution in [0.1, 0.15) is 10.5 Å². The monoisotopic (exact) mass is 423 g/mol. The number of amides is 1. The van der Waals surface area contributed by atoms with Crippen LogP contribution in [0.2, 0.25) is 0 Å². The molecule has 10 heteroatoms. The first-order chi connectivity index (χ1) is 14.4. The summed E-state index contributed by atoms with van der Waals surface area (Å²) in [6.07, 6.45) is 5.63. The maximum absolute atomic E-state index is 13.4. The van der Waals surface area contributed by atoms with Gasteiger partial charge in [0.05, 0.1) is 34.9 Å². The number of halogens is 1. The molecule has 0 radical (unpaired) electrons. The van der Waals surface area contributed by atoms with Crippen molar-refractivity contribution in [3.63, 3.8) is 0 Å². The molecule has 0 unspecified atom stereocenters. The average molecular weight is 423 g/mol. The Morgan fingerprint density at radius 2 is 1.80 bits per heavy atom. The van der Waals surface area contributed by atoms with Gasteiger partial charge in [0, 0.05) is 17.8 Å². The number of hydrogen-bond acceptors (Lipinski definition) is 6. The van der Waals surface area contributed by atoms with Crippen LogP contribution in [-0.4, -0.2) is 34.1 Å². The highest BCUT2D eigenvalue weighted by molar-refractivity contribution is 7.90. The quantitative estimate of drug-likeness (QED) is 0.529. The number of hydrogen-bond donors (Lipinski definition) is 1. The number of sulfonamides is 1. The fourth-order valence-corrected chi connectivity index (χ4v) is 3.66. The van der Waals surface area contributed by atoms with E-state index in [1.807, 2.05) is 4.72 Å². The number of carbonyl (C=O) groups is 1. The fourth-order valence-electron chi connectivity index (χ4n) is 2.68. The van der Waals surface area contributed by atoms with Crippen molar-refractivity contribution in [2.24, 2.45) is 0 Å². The molecule has 0 aliphatic heterocycles. The molecular weight excluding hydrogens is 409 g/mol. The number of nitrogens with zero attached hydrogens (tertiary/aromatic N) is 4. The zero-order valence-electron chi connectivity index (χ0n) is 15.3. The molecule has 0 saturated heterocycles. The Morgan fingerprint density at radius 1 is 1.00 bits per heavy atom. The van der Waals surface area contributed by atoms with E-state index < -0.39 is 21.7 Å². The summed E-state index contributed by atoms with van der Waals surface area (Å²) >= 11 is 0. The summed E-state index contributed by atoms with van der Waals surface area (Å²) < 4.78 is 41.5. The SMILES string of the molecule is O=C(NS(=O)(=O)c1ccccc1)c1cccc(-c2cnn(-c3cncc(F)c3)c2)n1. The topological polar surface area (TPSA) is 107 Å². The van der Waals surface area contributed by atoms with Gasteiger partial charge in [-0.1, -0.05) is 24.3 Å². The molecule has 4 aromatic rings. The van der Waals surface area contributed by atoms with Gasteiger partial charge in [-0.25, -0.2) is 27.2 Å². The summed E-state index contributed by atoms with van der Waals surface area (Å²) in [5.74, 6) is -1.36. The lowest BCUT2D eigenvalue weighted by molar-refractivity contribution is 0.0976. The molecule has 1 aromatic carbocycles. The standard InChI is InChI=1S/C20H14FN5O3S/c21-15-9-16(12-22-11-15)26-13-14(10-23-26)18-7-4-8-19(24-18)20(27)25-30(28,29)17-5-2-1-3-6-17/h1-13H,(H,25,27). The minimum Gasteiger partial charge on any atom is -0.266 e. The van der Waals surface area contributed by atoms with Crippen molar-refractivity contribution in [2.45, 2.75) is 4.90 Å². The predicted octanol–water partition coefficient (Wildman–Crippen LogP) is 2.59. The van der Waals surface area contributed by atoms with Gasteiger partial charge in [-0.2, -0.15) is 5.10 Å². The van der Waals surface area contributed by atoms with Crippen LogP contribution in [0.25, 0.3) is 16.9 Å². The Balaban J connectivity index is 1.58. The minimum atomic E-state index is -4.02. The van der Waals surface area contributed by atoms with E-state index in [0.717, 1.165) is 6.20 Å². The predicted molar refractivity (Wildman–Crippen MR) is 106 cm³/mol. The van der Waals surface area contributed by atoms with E-state index in [1.54, 1.807) is 36.5 Å². The molecule has 0 spiro atoms. The maximum Gasteiger partial charge on any atom is 0.283 e. The van der Waals surface area contributed by atoms with Crippen molar-refractivity contribution in [3.05, 3.63) is 90.9 Å². The van der Waals surface area contributed by atoms with E-state index in [9.17, 15) is 17.6 Å². The second kappa shape index (κ2) is 7.84.